The third kappa shape index (κ3) is 6.36. The first-order valence-corrected chi connectivity index (χ1v) is 6.65. The van der Waals surface area contributed by atoms with E-state index in [1.807, 2.05) is 32.3 Å². The SMILES string of the molecule is CC(O)CCC(=O)NCc1ccccc1CN(C)C. The Morgan fingerprint density at radius 2 is 1.95 bits per heavy atom. The Bertz CT molecular complexity index is 403. The lowest BCUT2D eigenvalue weighted by atomic mass is 10.1. The highest BCUT2D eigenvalue weighted by Gasteiger charge is 2.06. The molecule has 0 bridgehead atoms. The van der Waals surface area contributed by atoms with Gasteiger partial charge in [-0.3, -0.25) is 4.79 Å². The molecule has 0 fully saturated rings. The van der Waals surface area contributed by atoms with Crippen LogP contribution < -0.4 is 5.32 Å². The van der Waals surface area contributed by atoms with Crippen molar-refractivity contribution in [3.63, 3.8) is 0 Å². The zero-order chi connectivity index (χ0) is 14.3. The van der Waals surface area contributed by atoms with Gasteiger partial charge in [-0.05, 0) is 38.6 Å². The van der Waals surface area contributed by atoms with Crippen LogP contribution in [0.5, 0.6) is 0 Å². The van der Waals surface area contributed by atoms with Gasteiger partial charge >= 0.3 is 0 Å². The molecule has 0 aromatic heterocycles. The zero-order valence-corrected chi connectivity index (χ0v) is 12.0. The van der Waals surface area contributed by atoms with Crippen molar-refractivity contribution in [2.24, 2.45) is 0 Å². The van der Waals surface area contributed by atoms with Crippen molar-refractivity contribution >= 4 is 5.91 Å². The molecule has 1 rings (SSSR count). The van der Waals surface area contributed by atoms with Gasteiger partial charge in [0.05, 0.1) is 6.10 Å². The molecule has 0 saturated heterocycles. The minimum absolute atomic E-state index is 0.0134. The topological polar surface area (TPSA) is 52.6 Å². The van der Waals surface area contributed by atoms with Crippen molar-refractivity contribution < 1.29 is 9.90 Å². The van der Waals surface area contributed by atoms with E-state index in [-0.39, 0.29) is 5.91 Å². The van der Waals surface area contributed by atoms with E-state index >= 15 is 0 Å². The first-order valence-electron chi connectivity index (χ1n) is 6.65. The molecule has 1 unspecified atom stereocenters. The van der Waals surface area contributed by atoms with Gasteiger partial charge < -0.3 is 15.3 Å². The summed E-state index contributed by atoms with van der Waals surface area (Å²) in [6.45, 7) is 3.10. The van der Waals surface area contributed by atoms with E-state index in [1.165, 1.54) is 5.56 Å². The van der Waals surface area contributed by atoms with Crippen LogP contribution in [-0.4, -0.2) is 36.1 Å². The average Bonchev–Trinajstić information content (AvgIpc) is 2.34. The van der Waals surface area contributed by atoms with Gasteiger partial charge in [0.25, 0.3) is 0 Å². The van der Waals surface area contributed by atoms with Gasteiger partial charge in [-0.15, -0.1) is 0 Å². The number of nitrogens with one attached hydrogen (secondary N) is 1. The van der Waals surface area contributed by atoms with Crippen LogP contribution in [0.25, 0.3) is 0 Å². The maximum atomic E-state index is 11.6. The third-order valence-electron chi connectivity index (χ3n) is 2.87. The lowest BCUT2D eigenvalue weighted by Crippen LogP contribution is -2.24. The molecule has 1 aromatic carbocycles. The van der Waals surface area contributed by atoms with Gasteiger partial charge in [0, 0.05) is 19.5 Å². The maximum absolute atomic E-state index is 11.6. The number of carbonyl (C=O) groups excluding carboxylic acids is 1. The molecule has 0 aliphatic carbocycles. The average molecular weight is 264 g/mol. The van der Waals surface area contributed by atoms with Crippen LogP contribution in [0.15, 0.2) is 24.3 Å². The van der Waals surface area contributed by atoms with Gasteiger partial charge in [0.2, 0.25) is 5.91 Å². The number of rotatable bonds is 7. The molecular formula is C15H24N2O2. The molecule has 19 heavy (non-hydrogen) atoms. The number of benzene rings is 1. The molecule has 1 atom stereocenters. The second-order valence-corrected chi connectivity index (χ2v) is 5.17. The molecule has 2 N–H and O–H groups in total. The Balaban J connectivity index is 2.50. The lowest BCUT2D eigenvalue weighted by Gasteiger charge is -2.14. The summed E-state index contributed by atoms with van der Waals surface area (Å²) in [5, 5.41) is 12.0. The van der Waals surface area contributed by atoms with Gasteiger partial charge in [-0.25, -0.2) is 0 Å². The summed E-state index contributed by atoms with van der Waals surface area (Å²) in [6.07, 6.45) is 0.449. The highest BCUT2D eigenvalue weighted by atomic mass is 16.3. The molecule has 0 aliphatic rings. The Labute approximate surface area is 115 Å². The van der Waals surface area contributed by atoms with Crippen molar-refractivity contribution in [1.82, 2.24) is 10.2 Å². The molecular weight excluding hydrogens is 240 g/mol. The van der Waals surface area contributed by atoms with Crippen molar-refractivity contribution in [3.05, 3.63) is 35.4 Å². The normalized spacial score (nSPS) is 12.5. The molecule has 4 heteroatoms. The van der Waals surface area contributed by atoms with E-state index in [1.54, 1.807) is 6.92 Å². The van der Waals surface area contributed by atoms with E-state index in [0.717, 1.165) is 12.1 Å². The number of amides is 1. The predicted molar refractivity (Wildman–Crippen MR) is 76.6 cm³/mol. The smallest absolute Gasteiger partial charge is 0.220 e. The fourth-order valence-corrected chi connectivity index (χ4v) is 1.85. The first kappa shape index (κ1) is 15.7. The van der Waals surface area contributed by atoms with E-state index in [4.69, 9.17) is 5.11 Å². The number of aliphatic hydroxyl groups excluding tert-OH is 1. The van der Waals surface area contributed by atoms with Crippen LogP contribution >= 0.6 is 0 Å². The van der Waals surface area contributed by atoms with Crippen LogP contribution in [0.2, 0.25) is 0 Å². The number of carbonyl (C=O) groups is 1. The Morgan fingerprint density at radius 1 is 1.32 bits per heavy atom. The molecule has 1 amide bonds. The number of aliphatic hydroxyl groups is 1. The van der Waals surface area contributed by atoms with Crippen molar-refractivity contribution in [1.29, 1.82) is 0 Å². The van der Waals surface area contributed by atoms with Gasteiger partial charge in [0.15, 0.2) is 0 Å². The molecule has 0 saturated carbocycles. The summed E-state index contributed by atoms with van der Waals surface area (Å²) in [5.41, 5.74) is 2.37. The highest BCUT2D eigenvalue weighted by molar-refractivity contribution is 5.75. The van der Waals surface area contributed by atoms with Crippen LogP contribution in [0, 0.1) is 0 Å². The minimum atomic E-state index is -0.424. The van der Waals surface area contributed by atoms with E-state index in [9.17, 15) is 4.79 Å². The fourth-order valence-electron chi connectivity index (χ4n) is 1.85. The number of hydrogen-bond acceptors (Lipinski definition) is 3. The summed E-state index contributed by atoms with van der Waals surface area (Å²) >= 11 is 0. The zero-order valence-electron chi connectivity index (χ0n) is 12.0. The molecule has 0 aliphatic heterocycles. The predicted octanol–water partition coefficient (Wildman–Crippen LogP) is 1.53. The molecule has 0 heterocycles. The number of nitrogens with zero attached hydrogens (tertiary/aromatic N) is 1. The summed E-state index contributed by atoms with van der Waals surface area (Å²) in [6, 6.07) is 8.11. The van der Waals surface area contributed by atoms with Crippen LogP contribution in [-0.2, 0) is 17.9 Å². The second kappa shape index (κ2) is 7.92. The number of hydrogen-bond donors (Lipinski definition) is 2. The monoisotopic (exact) mass is 264 g/mol. The van der Waals surface area contributed by atoms with Crippen molar-refractivity contribution in [2.45, 2.75) is 39.0 Å². The first-order chi connectivity index (χ1) is 8.99. The quantitative estimate of drug-likeness (QED) is 0.785. The Kier molecular flexibility index (Phi) is 6.53. The lowest BCUT2D eigenvalue weighted by molar-refractivity contribution is -0.121. The van der Waals surface area contributed by atoms with Crippen molar-refractivity contribution in [2.75, 3.05) is 14.1 Å². The van der Waals surface area contributed by atoms with Crippen LogP contribution in [0.4, 0.5) is 0 Å². The molecule has 4 nitrogen and oxygen atoms in total. The molecule has 0 spiro atoms. The van der Waals surface area contributed by atoms with E-state index < -0.39 is 6.10 Å². The molecule has 1 aromatic rings. The summed E-state index contributed by atoms with van der Waals surface area (Å²) in [5.74, 6) is -0.0134. The third-order valence-corrected chi connectivity index (χ3v) is 2.87. The summed E-state index contributed by atoms with van der Waals surface area (Å²) in [4.78, 5) is 13.7. The Hall–Kier alpha value is -1.39. The van der Waals surface area contributed by atoms with Crippen LogP contribution in [0.3, 0.4) is 0 Å². The minimum Gasteiger partial charge on any atom is -0.393 e. The Morgan fingerprint density at radius 3 is 2.53 bits per heavy atom. The van der Waals surface area contributed by atoms with Crippen LogP contribution in [0.1, 0.15) is 30.9 Å². The largest absolute Gasteiger partial charge is 0.393 e. The fraction of sp³-hybridized carbons (Fsp3) is 0.533. The molecule has 0 radical (unpaired) electrons. The highest BCUT2D eigenvalue weighted by Crippen LogP contribution is 2.10. The van der Waals surface area contributed by atoms with Gasteiger partial charge in [-0.2, -0.15) is 0 Å². The second-order valence-electron chi connectivity index (χ2n) is 5.17. The standard InChI is InChI=1S/C15H24N2O2/c1-12(18)8-9-15(19)16-10-13-6-4-5-7-14(13)11-17(2)3/h4-7,12,18H,8-11H2,1-3H3,(H,16,19). The summed E-state index contributed by atoms with van der Waals surface area (Å²) < 4.78 is 0. The maximum Gasteiger partial charge on any atom is 0.220 e. The van der Waals surface area contributed by atoms with Crippen molar-refractivity contribution in [3.8, 4) is 0 Å². The van der Waals surface area contributed by atoms with E-state index in [2.05, 4.69) is 16.3 Å². The van der Waals surface area contributed by atoms with Gasteiger partial charge in [-0.1, -0.05) is 24.3 Å². The molecule has 106 valence electrons. The van der Waals surface area contributed by atoms with E-state index in [0.29, 0.717) is 19.4 Å². The summed E-state index contributed by atoms with van der Waals surface area (Å²) in [7, 11) is 4.05. The van der Waals surface area contributed by atoms with Gasteiger partial charge in [0.1, 0.15) is 0 Å².